The molecule has 1 saturated heterocycles. The van der Waals surface area contributed by atoms with E-state index in [2.05, 4.69) is 15.6 Å². The quantitative estimate of drug-likeness (QED) is 0.553. The molecule has 2 N–H and O–H groups in total. The topological polar surface area (TPSA) is 121 Å². The molecule has 10 nitrogen and oxygen atoms in total. The molecule has 2 fully saturated rings. The smallest absolute Gasteiger partial charge is 0.254 e. The maximum absolute atomic E-state index is 13.8. The SMILES string of the molecule is CC(C)(C)[C@@H](C(=O)N1C[C@H](O)C[C@H]1C(=O)NCCN1CCc2c(Cl)cccc2C1=O)n1cc(C2CC2)nn1. The van der Waals surface area contributed by atoms with Crippen molar-refractivity contribution in [3.63, 3.8) is 0 Å². The van der Waals surface area contributed by atoms with E-state index in [1.54, 1.807) is 27.8 Å². The second kappa shape index (κ2) is 10.3. The van der Waals surface area contributed by atoms with Crippen molar-refractivity contribution in [1.29, 1.82) is 0 Å². The van der Waals surface area contributed by atoms with Crippen LogP contribution in [0.15, 0.2) is 24.4 Å². The van der Waals surface area contributed by atoms with E-state index < -0.39 is 23.6 Å². The minimum Gasteiger partial charge on any atom is -0.391 e. The summed E-state index contributed by atoms with van der Waals surface area (Å²) in [6.07, 6.45) is 4.03. The molecule has 3 atom stereocenters. The minimum atomic E-state index is -0.801. The molecule has 0 radical (unpaired) electrons. The van der Waals surface area contributed by atoms with E-state index >= 15 is 0 Å². The van der Waals surface area contributed by atoms with Gasteiger partial charge in [0.1, 0.15) is 12.1 Å². The standard InChI is InChI=1S/C27H35ClN6O4/c1-27(2,3)23(34-15-21(30-31-34)16-7-8-16)26(38)33-14-17(35)13-22(33)24(36)29-10-12-32-11-9-18-19(25(32)37)5-4-6-20(18)28/h4-6,15-17,22-23,35H,7-14H2,1-3H3,(H,29,36)/t17-,22+,23-/m1/s1. The summed E-state index contributed by atoms with van der Waals surface area (Å²) in [5.74, 6) is -0.305. The second-order valence-electron chi connectivity index (χ2n) is 11.7. The van der Waals surface area contributed by atoms with Gasteiger partial charge in [-0.15, -0.1) is 5.10 Å². The molecule has 2 aliphatic heterocycles. The molecule has 3 amide bonds. The van der Waals surface area contributed by atoms with Crippen molar-refractivity contribution in [3.05, 3.63) is 46.2 Å². The first-order chi connectivity index (χ1) is 18.0. The summed E-state index contributed by atoms with van der Waals surface area (Å²) in [5, 5.41) is 22.4. The molecule has 1 aromatic carbocycles. The number of rotatable bonds is 7. The van der Waals surface area contributed by atoms with Crippen LogP contribution in [0.2, 0.25) is 5.02 Å². The first kappa shape index (κ1) is 26.6. The van der Waals surface area contributed by atoms with Crippen molar-refractivity contribution in [1.82, 2.24) is 30.1 Å². The van der Waals surface area contributed by atoms with Gasteiger partial charge in [0, 0.05) is 55.3 Å². The average Bonchev–Trinajstić information content (AvgIpc) is 3.47. The van der Waals surface area contributed by atoms with E-state index in [1.165, 1.54) is 4.90 Å². The lowest BCUT2D eigenvalue weighted by Gasteiger charge is -2.34. The van der Waals surface area contributed by atoms with Crippen molar-refractivity contribution in [3.8, 4) is 0 Å². The van der Waals surface area contributed by atoms with Crippen LogP contribution < -0.4 is 5.32 Å². The maximum Gasteiger partial charge on any atom is 0.254 e. The number of likely N-dealkylation sites (tertiary alicyclic amines) is 1. The molecule has 0 bridgehead atoms. The normalized spacial score (nSPS) is 22.4. The Morgan fingerprint density at radius 1 is 1.26 bits per heavy atom. The Labute approximate surface area is 227 Å². The average molecular weight is 543 g/mol. The highest BCUT2D eigenvalue weighted by Gasteiger charge is 2.45. The number of fused-ring (bicyclic) bond motifs is 1. The number of benzene rings is 1. The molecule has 1 aromatic heterocycles. The Kier molecular flexibility index (Phi) is 7.21. The Balaban J connectivity index is 1.24. The summed E-state index contributed by atoms with van der Waals surface area (Å²) in [7, 11) is 0. The molecule has 11 heteroatoms. The molecule has 2 aromatic rings. The molecule has 38 heavy (non-hydrogen) atoms. The monoisotopic (exact) mass is 542 g/mol. The fraction of sp³-hybridized carbons (Fsp3) is 0.593. The number of aromatic nitrogens is 3. The van der Waals surface area contributed by atoms with Crippen molar-refractivity contribution < 1.29 is 19.5 Å². The third-order valence-electron chi connectivity index (χ3n) is 7.66. The number of nitrogens with one attached hydrogen (secondary N) is 1. The lowest BCUT2D eigenvalue weighted by molar-refractivity contribution is -0.144. The fourth-order valence-corrected chi connectivity index (χ4v) is 5.77. The molecular weight excluding hydrogens is 508 g/mol. The molecule has 1 saturated carbocycles. The maximum atomic E-state index is 13.8. The van der Waals surface area contributed by atoms with E-state index in [9.17, 15) is 19.5 Å². The van der Waals surface area contributed by atoms with E-state index in [4.69, 9.17) is 11.6 Å². The number of nitrogens with zero attached hydrogens (tertiary/aromatic N) is 5. The van der Waals surface area contributed by atoms with Gasteiger partial charge in [-0.3, -0.25) is 14.4 Å². The number of carbonyl (C=O) groups is 3. The lowest BCUT2D eigenvalue weighted by Crippen LogP contribution is -2.51. The highest BCUT2D eigenvalue weighted by Crippen LogP contribution is 2.40. The summed E-state index contributed by atoms with van der Waals surface area (Å²) >= 11 is 6.24. The van der Waals surface area contributed by atoms with Crippen LogP contribution in [0.4, 0.5) is 0 Å². The van der Waals surface area contributed by atoms with Gasteiger partial charge in [0.05, 0.1) is 11.8 Å². The van der Waals surface area contributed by atoms with Crippen molar-refractivity contribution in [2.45, 2.75) is 70.6 Å². The van der Waals surface area contributed by atoms with E-state index in [0.29, 0.717) is 36.0 Å². The van der Waals surface area contributed by atoms with Gasteiger partial charge in [0.2, 0.25) is 11.8 Å². The van der Waals surface area contributed by atoms with E-state index in [0.717, 1.165) is 24.1 Å². The molecule has 0 spiro atoms. The molecule has 3 aliphatic rings. The number of amides is 3. The van der Waals surface area contributed by atoms with Crippen LogP contribution in [0, 0.1) is 5.41 Å². The fourth-order valence-electron chi connectivity index (χ4n) is 5.50. The van der Waals surface area contributed by atoms with Crippen LogP contribution in [0.25, 0.3) is 0 Å². The Hall–Kier alpha value is -2.98. The van der Waals surface area contributed by atoms with Crippen LogP contribution in [0.5, 0.6) is 0 Å². The first-order valence-corrected chi connectivity index (χ1v) is 13.7. The van der Waals surface area contributed by atoms with Crippen LogP contribution in [0.1, 0.15) is 73.6 Å². The predicted octanol–water partition coefficient (Wildman–Crippen LogP) is 2.17. The molecule has 204 valence electrons. The van der Waals surface area contributed by atoms with E-state index in [-0.39, 0.29) is 37.2 Å². The van der Waals surface area contributed by atoms with Gasteiger partial charge < -0.3 is 20.2 Å². The highest BCUT2D eigenvalue weighted by molar-refractivity contribution is 6.32. The Morgan fingerprint density at radius 3 is 2.74 bits per heavy atom. The second-order valence-corrected chi connectivity index (χ2v) is 12.1. The third-order valence-corrected chi connectivity index (χ3v) is 8.01. The first-order valence-electron chi connectivity index (χ1n) is 13.3. The van der Waals surface area contributed by atoms with Gasteiger partial charge in [-0.25, -0.2) is 4.68 Å². The molecule has 3 heterocycles. The number of hydrogen-bond acceptors (Lipinski definition) is 6. The number of aliphatic hydroxyl groups excluding tert-OH is 1. The van der Waals surface area contributed by atoms with Gasteiger partial charge in [0.25, 0.3) is 5.91 Å². The number of aliphatic hydroxyl groups is 1. The lowest BCUT2D eigenvalue weighted by atomic mass is 9.85. The van der Waals surface area contributed by atoms with Crippen molar-refractivity contribution in [2.24, 2.45) is 5.41 Å². The zero-order valence-corrected chi connectivity index (χ0v) is 22.8. The third kappa shape index (κ3) is 5.29. The number of hydrogen-bond donors (Lipinski definition) is 2. The van der Waals surface area contributed by atoms with Gasteiger partial charge in [0.15, 0.2) is 0 Å². The number of carbonyl (C=O) groups excluding carboxylic acids is 3. The largest absolute Gasteiger partial charge is 0.391 e. The van der Waals surface area contributed by atoms with Crippen molar-refractivity contribution in [2.75, 3.05) is 26.2 Å². The van der Waals surface area contributed by atoms with Crippen LogP contribution in [-0.2, 0) is 16.0 Å². The number of halogens is 1. The van der Waals surface area contributed by atoms with E-state index in [1.807, 2.05) is 27.0 Å². The summed E-state index contributed by atoms with van der Waals surface area (Å²) < 4.78 is 1.61. The molecule has 5 rings (SSSR count). The molecule has 0 unspecified atom stereocenters. The molecular formula is C27H35ClN6O4. The van der Waals surface area contributed by atoms with Crippen LogP contribution in [-0.4, -0.2) is 85.9 Å². The Bertz CT molecular complexity index is 1240. The number of β-amino-alcohol motifs (C(OH)–C–C–N with tert-alkyl or cyclic N) is 1. The van der Waals surface area contributed by atoms with Gasteiger partial charge in [-0.2, -0.15) is 0 Å². The highest BCUT2D eigenvalue weighted by atomic mass is 35.5. The predicted molar refractivity (Wildman–Crippen MR) is 141 cm³/mol. The van der Waals surface area contributed by atoms with Gasteiger partial charge in [-0.05, 0) is 42.4 Å². The van der Waals surface area contributed by atoms with Crippen LogP contribution in [0.3, 0.4) is 0 Å². The zero-order chi connectivity index (χ0) is 27.2. The summed E-state index contributed by atoms with van der Waals surface area (Å²) in [6, 6.07) is 3.85. The Morgan fingerprint density at radius 2 is 2.03 bits per heavy atom. The zero-order valence-electron chi connectivity index (χ0n) is 22.1. The summed E-state index contributed by atoms with van der Waals surface area (Å²) in [5.41, 5.74) is 1.85. The summed E-state index contributed by atoms with van der Waals surface area (Å²) in [6.45, 7) is 7.05. The van der Waals surface area contributed by atoms with Crippen LogP contribution >= 0.6 is 11.6 Å². The van der Waals surface area contributed by atoms with Crippen molar-refractivity contribution >= 4 is 29.3 Å². The van der Waals surface area contributed by atoms with Gasteiger partial charge >= 0.3 is 0 Å². The minimum absolute atomic E-state index is 0.0792. The van der Waals surface area contributed by atoms with Gasteiger partial charge in [-0.1, -0.05) is 43.7 Å². The summed E-state index contributed by atoms with van der Waals surface area (Å²) in [4.78, 5) is 43.1. The molecule has 1 aliphatic carbocycles.